The van der Waals surface area contributed by atoms with Crippen LogP contribution < -0.4 is 5.73 Å². The van der Waals surface area contributed by atoms with E-state index in [-0.39, 0.29) is 27.6 Å². The number of carbonyl (C=O) groups is 3. The molecule has 0 amide bonds. The molecule has 0 aliphatic heterocycles. The van der Waals surface area contributed by atoms with Crippen LogP contribution in [0.25, 0.3) is 0 Å². The highest BCUT2D eigenvalue weighted by molar-refractivity contribution is 7.18. The summed E-state index contributed by atoms with van der Waals surface area (Å²) >= 11 is 0.891. The molecule has 27 heavy (non-hydrogen) atoms. The maximum Gasteiger partial charge on any atom is 0.348 e. The predicted octanol–water partition coefficient (Wildman–Crippen LogP) is 3.14. The van der Waals surface area contributed by atoms with Crippen molar-refractivity contribution in [3.05, 3.63) is 51.9 Å². The van der Waals surface area contributed by atoms with Gasteiger partial charge in [-0.05, 0) is 12.0 Å². The van der Waals surface area contributed by atoms with E-state index >= 15 is 0 Å². The van der Waals surface area contributed by atoms with Gasteiger partial charge < -0.3 is 19.9 Å². The van der Waals surface area contributed by atoms with E-state index in [4.69, 9.17) is 19.9 Å². The third kappa shape index (κ3) is 4.46. The van der Waals surface area contributed by atoms with Gasteiger partial charge in [-0.3, -0.25) is 4.79 Å². The first-order chi connectivity index (χ1) is 12.9. The van der Waals surface area contributed by atoms with Crippen molar-refractivity contribution in [2.75, 3.05) is 20.0 Å². The molecular weight excluding hydrogens is 370 g/mol. The number of ether oxygens (including phenoxy) is 3. The van der Waals surface area contributed by atoms with Crippen LogP contribution in [-0.2, 0) is 25.6 Å². The monoisotopic (exact) mass is 391 g/mol. The summed E-state index contributed by atoms with van der Waals surface area (Å²) in [6.07, 6.45) is 0.544. The SMILES string of the molecule is CC[C@H](C(=O)OCc1c(C(=O)OC)sc(N)c1C(=O)OC)c1ccccc1. The number of thiophene rings is 1. The van der Waals surface area contributed by atoms with Gasteiger partial charge in [0.05, 0.1) is 20.1 Å². The zero-order chi connectivity index (χ0) is 20.0. The Labute approximate surface area is 161 Å². The van der Waals surface area contributed by atoms with Crippen molar-refractivity contribution in [2.24, 2.45) is 0 Å². The molecule has 0 saturated heterocycles. The molecule has 0 saturated carbocycles. The van der Waals surface area contributed by atoms with E-state index < -0.39 is 23.8 Å². The first-order valence-corrected chi connectivity index (χ1v) is 9.05. The molecule has 7 nitrogen and oxygen atoms in total. The van der Waals surface area contributed by atoms with Gasteiger partial charge in [0.15, 0.2) is 0 Å². The minimum Gasteiger partial charge on any atom is -0.465 e. The molecule has 0 fully saturated rings. The molecule has 0 bridgehead atoms. The summed E-state index contributed by atoms with van der Waals surface area (Å²) in [4.78, 5) is 36.7. The van der Waals surface area contributed by atoms with Gasteiger partial charge in [0.1, 0.15) is 22.0 Å². The Kier molecular flexibility index (Phi) is 6.95. The zero-order valence-electron chi connectivity index (χ0n) is 15.3. The highest BCUT2D eigenvalue weighted by Gasteiger charge is 2.29. The smallest absolute Gasteiger partial charge is 0.348 e. The summed E-state index contributed by atoms with van der Waals surface area (Å²) in [5, 5.41) is 0.100. The second-order valence-corrected chi connectivity index (χ2v) is 6.66. The van der Waals surface area contributed by atoms with E-state index in [1.54, 1.807) is 0 Å². The van der Waals surface area contributed by atoms with E-state index in [1.807, 2.05) is 37.3 Å². The molecule has 1 heterocycles. The molecule has 2 rings (SSSR count). The second-order valence-electron chi connectivity index (χ2n) is 5.61. The summed E-state index contributed by atoms with van der Waals surface area (Å²) in [6, 6.07) is 9.24. The summed E-state index contributed by atoms with van der Waals surface area (Å²) in [5.41, 5.74) is 6.90. The lowest BCUT2D eigenvalue weighted by molar-refractivity contribution is -0.147. The largest absolute Gasteiger partial charge is 0.465 e. The van der Waals surface area contributed by atoms with Gasteiger partial charge in [0, 0.05) is 5.56 Å². The molecule has 144 valence electrons. The Morgan fingerprint density at radius 1 is 1.07 bits per heavy atom. The molecule has 1 aromatic carbocycles. The quantitative estimate of drug-likeness (QED) is 0.571. The maximum absolute atomic E-state index is 12.6. The topological polar surface area (TPSA) is 105 Å². The Hall–Kier alpha value is -2.87. The molecule has 0 aliphatic rings. The molecule has 8 heteroatoms. The summed E-state index contributed by atoms with van der Waals surface area (Å²) in [5.74, 6) is -2.28. The number of anilines is 1. The average molecular weight is 391 g/mol. The van der Waals surface area contributed by atoms with E-state index in [0.29, 0.717) is 6.42 Å². The minimum atomic E-state index is -0.708. The van der Waals surface area contributed by atoms with Crippen molar-refractivity contribution < 1.29 is 28.6 Å². The van der Waals surface area contributed by atoms with Crippen LogP contribution in [0.15, 0.2) is 30.3 Å². The van der Waals surface area contributed by atoms with Crippen LogP contribution in [0, 0.1) is 0 Å². The van der Waals surface area contributed by atoms with E-state index in [1.165, 1.54) is 14.2 Å². The normalized spacial score (nSPS) is 11.5. The van der Waals surface area contributed by atoms with Gasteiger partial charge in [0.2, 0.25) is 0 Å². The molecule has 0 unspecified atom stereocenters. The Bertz CT molecular complexity index is 830. The third-order valence-electron chi connectivity index (χ3n) is 4.05. The van der Waals surface area contributed by atoms with Crippen LogP contribution in [0.1, 0.15) is 50.4 Å². The van der Waals surface area contributed by atoms with Gasteiger partial charge in [-0.15, -0.1) is 11.3 Å². The van der Waals surface area contributed by atoms with Crippen molar-refractivity contribution in [3.63, 3.8) is 0 Å². The lowest BCUT2D eigenvalue weighted by Gasteiger charge is -2.15. The number of nitrogen functional groups attached to an aromatic ring is 1. The van der Waals surface area contributed by atoms with Crippen LogP contribution >= 0.6 is 11.3 Å². The van der Waals surface area contributed by atoms with E-state index in [9.17, 15) is 14.4 Å². The molecule has 2 N–H and O–H groups in total. The van der Waals surface area contributed by atoms with Crippen LogP contribution in [0.4, 0.5) is 5.00 Å². The maximum atomic E-state index is 12.6. The van der Waals surface area contributed by atoms with Crippen molar-refractivity contribution in [1.29, 1.82) is 0 Å². The molecule has 1 aromatic heterocycles. The number of methoxy groups -OCH3 is 2. The van der Waals surface area contributed by atoms with Crippen LogP contribution in [0.5, 0.6) is 0 Å². The fraction of sp³-hybridized carbons (Fsp3) is 0.316. The lowest BCUT2D eigenvalue weighted by atomic mass is 9.97. The van der Waals surface area contributed by atoms with Gasteiger partial charge >= 0.3 is 17.9 Å². The summed E-state index contributed by atoms with van der Waals surface area (Å²) in [7, 11) is 2.42. The molecule has 2 aromatic rings. The molecule has 0 radical (unpaired) electrons. The van der Waals surface area contributed by atoms with Crippen molar-refractivity contribution >= 4 is 34.2 Å². The number of rotatable bonds is 7. The summed E-state index contributed by atoms with van der Waals surface area (Å²) < 4.78 is 14.9. The molecule has 0 spiro atoms. The number of carbonyl (C=O) groups excluding carboxylic acids is 3. The molecule has 0 aliphatic carbocycles. The van der Waals surface area contributed by atoms with Crippen molar-refractivity contribution in [2.45, 2.75) is 25.9 Å². The van der Waals surface area contributed by atoms with Gasteiger partial charge in [-0.2, -0.15) is 0 Å². The summed E-state index contributed by atoms with van der Waals surface area (Å²) in [6.45, 7) is 1.59. The zero-order valence-corrected chi connectivity index (χ0v) is 16.1. The second kappa shape index (κ2) is 9.18. The van der Waals surface area contributed by atoms with Crippen molar-refractivity contribution in [1.82, 2.24) is 0 Å². The van der Waals surface area contributed by atoms with Crippen LogP contribution in [-0.4, -0.2) is 32.1 Å². The number of hydrogen-bond acceptors (Lipinski definition) is 8. The fourth-order valence-electron chi connectivity index (χ4n) is 2.67. The van der Waals surface area contributed by atoms with Gasteiger partial charge in [-0.1, -0.05) is 37.3 Å². The van der Waals surface area contributed by atoms with Crippen LogP contribution in [0.2, 0.25) is 0 Å². The highest BCUT2D eigenvalue weighted by Crippen LogP contribution is 2.33. The number of esters is 3. The first-order valence-electron chi connectivity index (χ1n) is 8.23. The number of benzene rings is 1. The minimum absolute atomic E-state index is 0.0171. The molecule has 1 atom stereocenters. The first kappa shape index (κ1) is 20.4. The predicted molar refractivity (Wildman–Crippen MR) is 101 cm³/mol. The highest BCUT2D eigenvalue weighted by atomic mass is 32.1. The number of hydrogen-bond donors (Lipinski definition) is 1. The molecular formula is C19H21NO6S. The Balaban J connectivity index is 2.29. The number of nitrogens with two attached hydrogens (primary N) is 1. The van der Waals surface area contributed by atoms with Gasteiger partial charge in [-0.25, -0.2) is 9.59 Å². The fourth-order valence-corrected chi connectivity index (χ4v) is 3.65. The van der Waals surface area contributed by atoms with Crippen molar-refractivity contribution in [3.8, 4) is 0 Å². The van der Waals surface area contributed by atoms with Crippen LogP contribution in [0.3, 0.4) is 0 Å². The Morgan fingerprint density at radius 2 is 1.70 bits per heavy atom. The lowest BCUT2D eigenvalue weighted by Crippen LogP contribution is -2.17. The van der Waals surface area contributed by atoms with Gasteiger partial charge in [0.25, 0.3) is 0 Å². The third-order valence-corrected chi connectivity index (χ3v) is 5.09. The van der Waals surface area contributed by atoms with E-state index in [2.05, 4.69) is 0 Å². The van der Waals surface area contributed by atoms with E-state index in [0.717, 1.165) is 16.9 Å². The Morgan fingerprint density at radius 3 is 2.26 bits per heavy atom. The average Bonchev–Trinajstić information content (AvgIpc) is 3.02. The standard InChI is InChI=1S/C19H21NO6S/c1-4-12(11-8-6-5-7-9-11)17(21)26-10-13-14(18(22)24-2)16(20)27-15(13)19(23)25-3/h5-9,12H,4,10,20H2,1-3H3/t12-/m0/s1.